The normalized spacial score (nSPS) is 11.5. The van der Waals surface area contributed by atoms with Crippen molar-refractivity contribution in [1.29, 1.82) is 0 Å². The van der Waals surface area contributed by atoms with Gasteiger partial charge in [0.2, 0.25) is 10.0 Å². The van der Waals surface area contributed by atoms with Crippen molar-refractivity contribution in [3.8, 4) is 0 Å². The molecule has 7 heteroatoms. The van der Waals surface area contributed by atoms with Gasteiger partial charge in [0.25, 0.3) is 0 Å². The predicted molar refractivity (Wildman–Crippen MR) is 88.4 cm³/mol. The van der Waals surface area contributed by atoms with Gasteiger partial charge in [0, 0.05) is 24.2 Å². The first-order valence-electron chi connectivity index (χ1n) is 6.50. The summed E-state index contributed by atoms with van der Waals surface area (Å²) in [5.74, 6) is 0. The molecule has 0 saturated heterocycles. The molecule has 0 atom stereocenters. The fraction of sp³-hybridized carbons (Fsp3) is 0.286. The number of benzene rings is 1. The number of nitrogens with one attached hydrogen (secondary N) is 1. The van der Waals surface area contributed by atoms with E-state index in [0.29, 0.717) is 11.4 Å². The van der Waals surface area contributed by atoms with E-state index in [9.17, 15) is 8.42 Å². The van der Waals surface area contributed by atoms with Gasteiger partial charge >= 0.3 is 0 Å². The van der Waals surface area contributed by atoms with Gasteiger partial charge in [-0.3, -0.25) is 0 Å². The van der Waals surface area contributed by atoms with Crippen molar-refractivity contribution in [2.24, 2.45) is 0 Å². The number of nitrogens with zero attached hydrogens (tertiary/aromatic N) is 1. The third-order valence-corrected chi connectivity index (χ3v) is 5.61. The van der Waals surface area contributed by atoms with Crippen LogP contribution in [0.2, 0.25) is 0 Å². The number of likely N-dealkylation sites (N-methyl/N-ethyl adjacent to an activating group) is 1. The van der Waals surface area contributed by atoms with Crippen LogP contribution < -0.4 is 15.4 Å². The third-order valence-electron chi connectivity index (χ3n) is 3.23. The van der Waals surface area contributed by atoms with Crippen LogP contribution in [0, 0.1) is 0 Å². The standard InChI is InChI=1S/C14H19N3O2S2/c1-16-21(18,19)14-10-11(15)5-6-13(14)17(2)8-7-12-4-3-9-20-12/h3-6,9-10,16H,7-8,15H2,1-2H3. The Hall–Kier alpha value is -1.57. The smallest absolute Gasteiger partial charge is 0.242 e. The van der Waals surface area contributed by atoms with Gasteiger partial charge in [-0.2, -0.15) is 0 Å². The molecule has 0 radical (unpaired) electrons. The minimum Gasteiger partial charge on any atom is -0.399 e. The molecular weight excluding hydrogens is 306 g/mol. The van der Waals surface area contributed by atoms with Crippen LogP contribution in [-0.4, -0.2) is 29.1 Å². The second-order valence-electron chi connectivity index (χ2n) is 4.69. The van der Waals surface area contributed by atoms with Gasteiger partial charge in [-0.05, 0) is 43.1 Å². The van der Waals surface area contributed by atoms with Crippen LogP contribution in [0.25, 0.3) is 0 Å². The van der Waals surface area contributed by atoms with E-state index in [1.54, 1.807) is 23.5 Å². The number of rotatable bonds is 6. The molecule has 5 nitrogen and oxygen atoms in total. The highest BCUT2D eigenvalue weighted by Gasteiger charge is 2.19. The number of sulfonamides is 1. The number of nitrogen functional groups attached to an aromatic ring is 1. The molecular formula is C14H19N3O2S2. The lowest BCUT2D eigenvalue weighted by Crippen LogP contribution is -2.26. The van der Waals surface area contributed by atoms with Crippen molar-refractivity contribution >= 4 is 32.7 Å². The first kappa shape index (κ1) is 15.8. The fourth-order valence-corrected chi connectivity index (χ4v) is 3.73. The maximum absolute atomic E-state index is 12.1. The molecule has 2 rings (SSSR count). The topological polar surface area (TPSA) is 75.4 Å². The molecule has 1 heterocycles. The summed E-state index contributed by atoms with van der Waals surface area (Å²) in [6, 6.07) is 9.04. The Morgan fingerprint density at radius 1 is 1.33 bits per heavy atom. The molecule has 3 N–H and O–H groups in total. The van der Waals surface area contributed by atoms with Gasteiger partial charge < -0.3 is 10.6 Å². The summed E-state index contributed by atoms with van der Waals surface area (Å²) in [5.41, 5.74) is 6.80. The summed E-state index contributed by atoms with van der Waals surface area (Å²) in [4.78, 5) is 3.41. The van der Waals surface area contributed by atoms with E-state index < -0.39 is 10.0 Å². The van der Waals surface area contributed by atoms with Crippen molar-refractivity contribution in [3.05, 3.63) is 40.6 Å². The van der Waals surface area contributed by atoms with E-state index in [2.05, 4.69) is 10.8 Å². The molecule has 0 amide bonds. The summed E-state index contributed by atoms with van der Waals surface area (Å²) in [6.07, 6.45) is 0.873. The molecule has 114 valence electrons. The summed E-state index contributed by atoms with van der Waals surface area (Å²) in [6.45, 7) is 0.733. The van der Waals surface area contributed by atoms with Crippen LogP contribution in [-0.2, 0) is 16.4 Å². The van der Waals surface area contributed by atoms with E-state index >= 15 is 0 Å². The van der Waals surface area contributed by atoms with Crippen LogP contribution in [0.15, 0.2) is 40.6 Å². The minimum absolute atomic E-state index is 0.207. The monoisotopic (exact) mass is 325 g/mol. The van der Waals surface area contributed by atoms with E-state index in [1.165, 1.54) is 18.0 Å². The Labute approximate surface area is 129 Å². The van der Waals surface area contributed by atoms with Crippen molar-refractivity contribution in [3.63, 3.8) is 0 Å². The maximum atomic E-state index is 12.1. The Morgan fingerprint density at radius 2 is 2.10 bits per heavy atom. The second kappa shape index (κ2) is 6.46. The van der Waals surface area contributed by atoms with E-state index in [-0.39, 0.29) is 4.90 Å². The predicted octanol–water partition coefficient (Wildman–Crippen LogP) is 1.92. The molecule has 1 aromatic carbocycles. The van der Waals surface area contributed by atoms with Crippen LogP contribution >= 0.6 is 11.3 Å². The summed E-state index contributed by atoms with van der Waals surface area (Å²) < 4.78 is 26.6. The highest BCUT2D eigenvalue weighted by Crippen LogP contribution is 2.27. The van der Waals surface area contributed by atoms with E-state index in [1.807, 2.05) is 23.4 Å². The van der Waals surface area contributed by atoms with Crippen LogP contribution in [0.5, 0.6) is 0 Å². The first-order chi connectivity index (χ1) is 9.94. The maximum Gasteiger partial charge on any atom is 0.242 e. The summed E-state index contributed by atoms with van der Waals surface area (Å²) in [5, 5.41) is 2.04. The highest BCUT2D eigenvalue weighted by atomic mass is 32.2. The molecule has 1 aromatic heterocycles. The number of anilines is 2. The van der Waals surface area contributed by atoms with Crippen molar-refractivity contribution in [2.75, 3.05) is 31.3 Å². The van der Waals surface area contributed by atoms with Crippen molar-refractivity contribution in [1.82, 2.24) is 4.72 Å². The zero-order valence-corrected chi connectivity index (χ0v) is 13.7. The van der Waals surface area contributed by atoms with Crippen LogP contribution in [0.3, 0.4) is 0 Å². The molecule has 21 heavy (non-hydrogen) atoms. The van der Waals surface area contributed by atoms with Gasteiger partial charge in [-0.1, -0.05) is 6.07 Å². The zero-order valence-electron chi connectivity index (χ0n) is 12.0. The highest BCUT2D eigenvalue weighted by molar-refractivity contribution is 7.89. The van der Waals surface area contributed by atoms with E-state index in [4.69, 9.17) is 5.73 Å². The van der Waals surface area contributed by atoms with Crippen molar-refractivity contribution < 1.29 is 8.42 Å². The molecule has 2 aromatic rings. The quantitative estimate of drug-likeness (QED) is 0.796. The average Bonchev–Trinajstić information content (AvgIpc) is 2.98. The Kier molecular flexibility index (Phi) is 4.87. The molecule has 0 saturated carbocycles. The van der Waals surface area contributed by atoms with Crippen LogP contribution in [0.1, 0.15) is 4.88 Å². The third kappa shape index (κ3) is 3.75. The first-order valence-corrected chi connectivity index (χ1v) is 8.87. The molecule has 0 fully saturated rings. The number of thiophene rings is 1. The van der Waals surface area contributed by atoms with Gasteiger partial charge in [0.15, 0.2) is 0 Å². The lowest BCUT2D eigenvalue weighted by molar-refractivity contribution is 0.588. The van der Waals surface area contributed by atoms with Gasteiger partial charge in [0.1, 0.15) is 4.90 Å². The molecule has 0 aliphatic rings. The lowest BCUT2D eigenvalue weighted by Gasteiger charge is -2.22. The van der Waals surface area contributed by atoms with E-state index in [0.717, 1.165) is 13.0 Å². The summed E-state index contributed by atoms with van der Waals surface area (Å²) in [7, 11) is -0.258. The molecule has 0 bridgehead atoms. The molecule has 0 spiro atoms. The second-order valence-corrected chi connectivity index (χ2v) is 7.57. The molecule has 0 aliphatic heterocycles. The van der Waals surface area contributed by atoms with Gasteiger partial charge in [0.05, 0.1) is 5.69 Å². The van der Waals surface area contributed by atoms with Crippen molar-refractivity contribution in [2.45, 2.75) is 11.3 Å². The lowest BCUT2D eigenvalue weighted by atomic mass is 10.2. The van der Waals surface area contributed by atoms with Gasteiger partial charge in [-0.15, -0.1) is 11.3 Å². The van der Waals surface area contributed by atoms with Gasteiger partial charge in [-0.25, -0.2) is 13.1 Å². The Balaban J connectivity index is 2.26. The number of hydrogen-bond acceptors (Lipinski definition) is 5. The SMILES string of the molecule is CNS(=O)(=O)c1cc(N)ccc1N(C)CCc1cccs1. The minimum atomic E-state index is -3.54. The Morgan fingerprint density at radius 3 is 2.71 bits per heavy atom. The number of nitrogens with two attached hydrogens (primary N) is 1. The number of hydrogen-bond donors (Lipinski definition) is 2. The zero-order chi connectivity index (χ0) is 15.5. The summed E-state index contributed by atoms with van der Waals surface area (Å²) >= 11 is 1.70. The Bertz CT molecular complexity index is 697. The average molecular weight is 325 g/mol. The van der Waals surface area contributed by atoms with Crippen LogP contribution in [0.4, 0.5) is 11.4 Å². The fourth-order valence-electron chi connectivity index (χ4n) is 2.02. The largest absolute Gasteiger partial charge is 0.399 e. The molecule has 0 aliphatic carbocycles. The molecule has 0 unspecified atom stereocenters.